The van der Waals surface area contributed by atoms with Crippen molar-refractivity contribution < 1.29 is 24.2 Å². The van der Waals surface area contributed by atoms with E-state index in [0.717, 1.165) is 39.2 Å². The molecule has 214 valence electrons. The summed E-state index contributed by atoms with van der Waals surface area (Å²) in [6.45, 7) is 1.66. The summed E-state index contributed by atoms with van der Waals surface area (Å²) in [6, 6.07) is 26.1. The Morgan fingerprint density at radius 3 is 2.33 bits per heavy atom. The lowest BCUT2D eigenvalue weighted by atomic mass is 9.98. The number of amides is 2. The van der Waals surface area contributed by atoms with Crippen molar-refractivity contribution in [3.63, 3.8) is 0 Å². The third kappa shape index (κ3) is 5.63. The number of nitrogens with zero attached hydrogens (tertiary/aromatic N) is 2. The Morgan fingerprint density at radius 2 is 1.64 bits per heavy atom. The van der Waals surface area contributed by atoms with Crippen LogP contribution in [0.4, 0.5) is 4.79 Å². The van der Waals surface area contributed by atoms with Gasteiger partial charge in [0.15, 0.2) is 5.54 Å². The smallest absolute Gasteiger partial charge is 0.407 e. The van der Waals surface area contributed by atoms with Crippen LogP contribution in [-0.4, -0.2) is 58.2 Å². The monoisotopic (exact) mass is 582 g/mol. The molecule has 2 amide bonds. The lowest BCUT2D eigenvalue weighted by molar-refractivity contribution is -0.144. The van der Waals surface area contributed by atoms with Gasteiger partial charge in [-0.15, -0.1) is 11.3 Å². The molecule has 1 aromatic heterocycles. The number of ether oxygens (including phenoxy) is 1. The predicted molar refractivity (Wildman–Crippen MR) is 158 cm³/mol. The summed E-state index contributed by atoms with van der Waals surface area (Å²) in [4.78, 5) is 44.4. The van der Waals surface area contributed by atoms with E-state index in [4.69, 9.17) is 4.74 Å². The van der Waals surface area contributed by atoms with E-state index in [0.29, 0.717) is 24.5 Å². The summed E-state index contributed by atoms with van der Waals surface area (Å²) in [6.07, 6.45) is 1.13. The van der Waals surface area contributed by atoms with Crippen LogP contribution in [0.1, 0.15) is 43.7 Å². The van der Waals surface area contributed by atoms with E-state index >= 15 is 0 Å². The van der Waals surface area contributed by atoms with Crippen molar-refractivity contribution in [3.8, 4) is 11.1 Å². The van der Waals surface area contributed by atoms with Crippen LogP contribution in [0.2, 0.25) is 0 Å². The highest BCUT2D eigenvalue weighted by Gasteiger charge is 2.46. The first kappa shape index (κ1) is 27.6. The van der Waals surface area contributed by atoms with Gasteiger partial charge in [-0.3, -0.25) is 9.69 Å². The zero-order chi connectivity index (χ0) is 29.1. The largest absolute Gasteiger partial charge is 0.479 e. The second kappa shape index (κ2) is 11.8. The van der Waals surface area contributed by atoms with Crippen LogP contribution in [0.3, 0.4) is 0 Å². The number of nitrogens with one attached hydrogen (secondary N) is 2. The molecule has 3 N–H and O–H groups in total. The summed E-state index contributed by atoms with van der Waals surface area (Å²) in [7, 11) is 0. The number of aliphatic carboxylic acids is 1. The van der Waals surface area contributed by atoms with Crippen molar-refractivity contribution in [1.82, 2.24) is 20.5 Å². The minimum atomic E-state index is -1.38. The highest BCUT2D eigenvalue weighted by atomic mass is 32.1. The number of benzene rings is 3. The molecule has 0 radical (unpaired) electrons. The average Bonchev–Trinajstić information content (AvgIpc) is 3.72. The van der Waals surface area contributed by atoms with E-state index in [-0.39, 0.29) is 30.5 Å². The number of likely N-dealkylation sites (tertiary alicyclic amines) is 1. The van der Waals surface area contributed by atoms with Crippen LogP contribution >= 0.6 is 11.3 Å². The Labute approximate surface area is 247 Å². The van der Waals surface area contributed by atoms with E-state index in [1.165, 1.54) is 6.20 Å². The lowest BCUT2D eigenvalue weighted by Crippen LogP contribution is -2.56. The molecule has 9 nitrogen and oxygen atoms in total. The summed E-state index contributed by atoms with van der Waals surface area (Å²) in [5.74, 6) is -1.60. The molecule has 1 saturated heterocycles. The molecule has 42 heavy (non-hydrogen) atoms. The van der Waals surface area contributed by atoms with Crippen LogP contribution in [0.15, 0.2) is 85.1 Å². The number of carbonyl (C=O) groups is 3. The normalized spacial score (nSPS) is 17.8. The highest BCUT2D eigenvalue weighted by Crippen LogP contribution is 2.44. The van der Waals surface area contributed by atoms with Crippen molar-refractivity contribution in [1.29, 1.82) is 0 Å². The van der Waals surface area contributed by atoms with E-state index in [1.54, 1.807) is 0 Å². The van der Waals surface area contributed by atoms with Gasteiger partial charge >= 0.3 is 12.1 Å². The Balaban J connectivity index is 1.02. The summed E-state index contributed by atoms with van der Waals surface area (Å²) < 4.78 is 5.57. The second-order valence-electron chi connectivity index (χ2n) is 10.6. The molecule has 6 rings (SSSR count). The van der Waals surface area contributed by atoms with Gasteiger partial charge in [-0.2, -0.15) is 0 Å². The lowest BCUT2D eigenvalue weighted by Gasteiger charge is -2.26. The van der Waals surface area contributed by atoms with Crippen LogP contribution in [0.25, 0.3) is 11.1 Å². The predicted octanol–water partition coefficient (Wildman–Crippen LogP) is 4.64. The molecule has 3 aromatic carbocycles. The Kier molecular flexibility index (Phi) is 7.73. The van der Waals surface area contributed by atoms with Gasteiger partial charge in [0, 0.05) is 25.6 Å². The third-order valence-electron chi connectivity index (χ3n) is 7.86. The minimum absolute atomic E-state index is 0.0425. The molecule has 1 aliphatic carbocycles. The first-order chi connectivity index (χ1) is 20.4. The Hall–Kier alpha value is -4.54. The van der Waals surface area contributed by atoms with Gasteiger partial charge in [0.25, 0.3) is 5.91 Å². The summed E-state index contributed by atoms with van der Waals surface area (Å²) >= 11 is 1.11. The first-order valence-corrected chi connectivity index (χ1v) is 14.6. The van der Waals surface area contributed by atoms with Crippen molar-refractivity contribution >= 4 is 29.3 Å². The van der Waals surface area contributed by atoms with Crippen molar-refractivity contribution in [2.45, 2.75) is 31.0 Å². The maximum Gasteiger partial charge on any atom is 0.407 e. The van der Waals surface area contributed by atoms with Crippen LogP contribution in [0, 0.1) is 0 Å². The molecule has 4 aromatic rings. The molecule has 1 fully saturated rings. The zero-order valence-corrected chi connectivity index (χ0v) is 23.6. The van der Waals surface area contributed by atoms with Gasteiger partial charge in [0.2, 0.25) is 0 Å². The molecule has 2 heterocycles. The molecule has 0 saturated carbocycles. The number of rotatable bonds is 9. The van der Waals surface area contributed by atoms with Crippen molar-refractivity contribution in [2.75, 3.05) is 19.7 Å². The van der Waals surface area contributed by atoms with Crippen LogP contribution < -0.4 is 10.6 Å². The number of alkyl carbamates (subject to hydrolysis) is 1. The molecular formula is C32H30N4O5S. The Bertz CT molecular complexity index is 1580. The summed E-state index contributed by atoms with van der Waals surface area (Å²) in [5, 5.41) is 16.0. The Morgan fingerprint density at radius 1 is 0.976 bits per heavy atom. The number of hydrogen-bond donors (Lipinski definition) is 3. The number of thiazole rings is 1. The molecule has 1 atom stereocenters. The number of hydrogen-bond acceptors (Lipinski definition) is 7. The standard InChI is InChI=1S/C32H30N4O5S/c37-29(35-32(30(38)39)14-15-36(20-32)18-21-8-2-1-3-9-21)27-16-33-28(42-27)17-34-31(40)41-19-26-24-12-6-4-10-22(24)23-11-5-7-13-25(23)26/h1-13,16,26H,14-15,17-20H2,(H,34,40)(H,35,37)(H,38,39). The quantitative estimate of drug-likeness (QED) is 0.263. The molecule has 0 bridgehead atoms. The fraction of sp³-hybridized carbons (Fsp3) is 0.250. The number of carbonyl (C=O) groups excluding carboxylic acids is 2. The van der Waals surface area contributed by atoms with E-state index < -0.39 is 23.5 Å². The van der Waals surface area contributed by atoms with Crippen LogP contribution in [-0.2, 0) is 22.6 Å². The zero-order valence-electron chi connectivity index (χ0n) is 22.8. The van der Waals surface area contributed by atoms with Gasteiger partial charge in [-0.05, 0) is 34.2 Å². The first-order valence-electron chi connectivity index (χ1n) is 13.8. The number of aromatic nitrogens is 1. The van der Waals surface area contributed by atoms with Gasteiger partial charge in [-0.25, -0.2) is 14.6 Å². The average molecular weight is 583 g/mol. The fourth-order valence-electron chi connectivity index (χ4n) is 5.77. The minimum Gasteiger partial charge on any atom is -0.479 e. The number of carboxylic acids is 1. The van der Waals surface area contributed by atoms with Gasteiger partial charge < -0.3 is 20.5 Å². The molecule has 2 aliphatic rings. The fourth-order valence-corrected chi connectivity index (χ4v) is 6.52. The maximum atomic E-state index is 13.0. The highest BCUT2D eigenvalue weighted by molar-refractivity contribution is 7.13. The van der Waals surface area contributed by atoms with E-state index in [9.17, 15) is 19.5 Å². The topological polar surface area (TPSA) is 121 Å². The molecule has 1 aliphatic heterocycles. The molecule has 0 spiro atoms. The van der Waals surface area contributed by atoms with Gasteiger partial charge in [0.05, 0.1) is 12.7 Å². The summed E-state index contributed by atoms with van der Waals surface area (Å²) in [5.41, 5.74) is 4.28. The number of carboxylic acid groups (broad SMARTS) is 1. The van der Waals surface area contributed by atoms with Crippen LogP contribution in [0.5, 0.6) is 0 Å². The van der Waals surface area contributed by atoms with Crippen molar-refractivity contribution in [2.24, 2.45) is 0 Å². The van der Waals surface area contributed by atoms with Gasteiger partial charge in [0.1, 0.15) is 16.5 Å². The number of fused-ring (bicyclic) bond motifs is 3. The van der Waals surface area contributed by atoms with E-state index in [2.05, 4.69) is 39.9 Å². The van der Waals surface area contributed by atoms with Crippen molar-refractivity contribution in [3.05, 3.63) is 112 Å². The molecule has 10 heteroatoms. The second-order valence-corrected chi connectivity index (χ2v) is 11.7. The van der Waals surface area contributed by atoms with E-state index in [1.807, 2.05) is 59.5 Å². The maximum absolute atomic E-state index is 13.0. The third-order valence-corrected chi connectivity index (χ3v) is 8.86. The molecule has 1 unspecified atom stereocenters. The SMILES string of the molecule is O=C(NCc1ncc(C(=O)NC2(C(=O)O)CCN(Cc3ccccc3)C2)s1)OCC1c2ccccc2-c2ccccc21. The van der Waals surface area contributed by atoms with Gasteiger partial charge in [-0.1, -0.05) is 78.9 Å². The molecular weight excluding hydrogens is 552 g/mol.